The quantitative estimate of drug-likeness (QED) is 0.721. The van der Waals surface area contributed by atoms with Crippen molar-refractivity contribution in [3.8, 4) is 0 Å². The van der Waals surface area contributed by atoms with Gasteiger partial charge in [-0.1, -0.05) is 0 Å². The molecule has 0 amide bonds. The van der Waals surface area contributed by atoms with Crippen LogP contribution < -0.4 is 5.73 Å². The first kappa shape index (κ1) is 14.9. The monoisotopic (exact) mass is 435 g/mol. The first-order chi connectivity index (χ1) is 9.89. The molecule has 10 heteroatoms. The Morgan fingerprint density at radius 3 is 2.52 bits per heavy atom. The van der Waals surface area contributed by atoms with Crippen LogP contribution >= 0.6 is 31.9 Å². The molecule has 1 aliphatic rings. The Bertz CT molecular complexity index is 782. The van der Waals surface area contributed by atoms with E-state index in [0.717, 1.165) is 0 Å². The standard InChI is InChI=1S/C11H11Br2N5O2S/c12-8-3-7(14)4-9(13)11(8)21(19,20)18-2-1-17-6-15-16-10(17)5-18/h3-4,6H,1-2,5,14H2. The topological polar surface area (TPSA) is 94.1 Å². The summed E-state index contributed by atoms with van der Waals surface area (Å²) in [4.78, 5) is 0.171. The SMILES string of the molecule is Nc1cc(Br)c(S(=O)(=O)N2CCn3cnnc3C2)c(Br)c1. The Kier molecular flexibility index (Phi) is 3.80. The van der Waals surface area contributed by atoms with Crippen molar-refractivity contribution in [2.75, 3.05) is 12.3 Å². The van der Waals surface area contributed by atoms with Gasteiger partial charge in [0.2, 0.25) is 10.0 Å². The van der Waals surface area contributed by atoms with Gasteiger partial charge < -0.3 is 10.3 Å². The zero-order chi connectivity index (χ0) is 15.2. The molecule has 3 rings (SSSR count). The highest BCUT2D eigenvalue weighted by Crippen LogP contribution is 2.35. The zero-order valence-electron chi connectivity index (χ0n) is 10.7. The van der Waals surface area contributed by atoms with E-state index >= 15 is 0 Å². The van der Waals surface area contributed by atoms with E-state index in [4.69, 9.17) is 5.73 Å². The van der Waals surface area contributed by atoms with Crippen LogP contribution in [0.15, 0.2) is 32.3 Å². The van der Waals surface area contributed by atoms with E-state index in [2.05, 4.69) is 42.1 Å². The fourth-order valence-corrected chi connectivity index (χ4v) is 6.13. The van der Waals surface area contributed by atoms with Gasteiger partial charge in [0.05, 0.1) is 6.54 Å². The number of anilines is 1. The second-order valence-corrected chi connectivity index (χ2v) is 8.18. The fraction of sp³-hybridized carbons (Fsp3) is 0.273. The van der Waals surface area contributed by atoms with E-state index < -0.39 is 10.0 Å². The van der Waals surface area contributed by atoms with Gasteiger partial charge in [-0.15, -0.1) is 10.2 Å². The van der Waals surface area contributed by atoms with Crippen molar-refractivity contribution < 1.29 is 8.42 Å². The number of aromatic nitrogens is 3. The van der Waals surface area contributed by atoms with Crippen LogP contribution in [-0.4, -0.2) is 34.0 Å². The van der Waals surface area contributed by atoms with Crippen molar-refractivity contribution in [1.82, 2.24) is 19.1 Å². The molecule has 2 aromatic rings. The summed E-state index contributed by atoms with van der Waals surface area (Å²) in [6.45, 7) is 1.11. The lowest BCUT2D eigenvalue weighted by Gasteiger charge is -2.27. The highest BCUT2D eigenvalue weighted by Gasteiger charge is 2.32. The van der Waals surface area contributed by atoms with Crippen LogP contribution in [0.4, 0.5) is 5.69 Å². The van der Waals surface area contributed by atoms with Gasteiger partial charge in [0.1, 0.15) is 17.0 Å². The van der Waals surface area contributed by atoms with Crippen LogP contribution in [0.5, 0.6) is 0 Å². The van der Waals surface area contributed by atoms with Gasteiger partial charge in [0.15, 0.2) is 0 Å². The highest BCUT2D eigenvalue weighted by atomic mass is 79.9. The summed E-state index contributed by atoms with van der Waals surface area (Å²) in [5.74, 6) is 0.632. The number of sulfonamides is 1. The molecule has 7 nitrogen and oxygen atoms in total. The van der Waals surface area contributed by atoms with E-state index in [-0.39, 0.29) is 11.4 Å². The predicted molar refractivity (Wildman–Crippen MR) is 83.9 cm³/mol. The van der Waals surface area contributed by atoms with Gasteiger partial charge in [-0.25, -0.2) is 8.42 Å². The molecule has 0 bridgehead atoms. The lowest BCUT2D eigenvalue weighted by atomic mass is 10.3. The highest BCUT2D eigenvalue weighted by molar-refractivity contribution is 9.11. The van der Waals surface area contributed by atoms with Crippen molar-refractivity contribution in [1.29, 1.82) is 0 Å². The maximum atomic E-state index is 12.8. The summed E-state index contributed by atoms with van der Waals surface area (Å²) in [5, 5.41) is 7.73. The van der Waals surface area contributed by atoms with Crippen LogP contribution in [0.2, 0.25) is 0 Å². The molecule has 0 saturated carbocycles. The molecule has 0 saturated heterocycles. The summed E-state index contributed by atoms with van der Waals surface area (Å²) in [6.07, 6.45) is 1.61. The number of nitrogen functional groups attached to an aromatic ring is 1. The van der Waals surface area contributed by atoms with E-state index in [1.54, 1.807) is 18.5 Å². The van der Waals surface area contributed by atoms with Crippen molar-refractivity contribution in [2.45, 2.75) is 18.0 Å². The van der Waals surface area contributed by atoms with Gasteiger partial charge >= 0.3 is 0 Å². The first-order valence-electron chi connectivity index (χ1n) is 6.01. The third kappa shape index (κ3) is 2.60. The van der Waals surface area contributed by atoms with Gasteiger partial charge in [-0.3, -0.25) is 0 Å². The van der Waals surface area contributed by atoms with Crippen LogP contribution in [0, 0.1) is 0 Å². The molecule has 0 fully saturated rings. The van der Waals surface area contributed by atoms with E-state index in [1.807, 2.05) is 4.57 Å². The number of rotatable bonds is 2. The molecule has 2 N–H and O–H groups in total. The number of nitrogens with two attached hydrogens (primary N) is 1. The van der Waals surface area contributed by atoms with Gasteiger partial charge in [0.25, 0.3) is 0 Å². The van der Waals surface area contributed by atoms with Gasteiger partial charge in [-0.05, 0) is 44.0 Å². The molecule has 2 heterocycles. The van der Waals surface area contributed by atoms with E-state index in [0.29, 0.717) is 33.5 Å². The van der Waals surface area contributed by atoms with E-state index in [1.165, 1.54) is 4.31 Å². The van der Waals surface area contributed by atoms with Crippen molar-refractivity contribution in [3.63, 3.8) is 0 Å². The number of nitrogens with zero attached hydrogens (tertiary/aromatic N) is 4. The minimum Gasteiger partial charge on any atom is -0.399 e. The van der Waals surface area contributed by atoms with Crippen LogP contribution in [0.3, 0.4) is 0 Å². The molecule has 0 spiro atoms. The number of halogens is 2. The molecular weight excluding hydrogens is 426 g/mol. The van der Waals surface area contributed by atoms with Gasteiger partial charge in [-0.2, -0.15) is 4.31 Å². The normalized spacial score (nSPS) is 15.9. The Morgan fingerprint density at radius 1 is 1.19 bits per heavy atom. The molecule has 0 aliphatic carbocycles. The Hall–Kier alpha value is -0.970. The summed E-state index contributed by atoms with van der Waals surface area (Å²) in [7, 11) is -3.66. The summed E-state index contributed by atoms with van der Waals surface area (Å²) >= 11 is 6.55. The molecular formula is C11H11Br2N5O2S. The fourth-order valence-electron chi connectivity index (χ4n) is 2.20. The molecule has 1 aromatic heterocycles. The average molecular weight is 437 g/mol. The number of fused-ring (bicyclic) bond motifs is 1. The maximum Gasteiger partial charge on any atom is 0.245 e. The predicted octanol–water partition coefficient (Wildman–Crippen LogP) is 1.59. The van der Waals surface area contributed by atoms with Crippen LogP contribution in [0.1, 0.15) is 5.82 Å². The smallest absolute Gasteiger partial charge is 0.245 e. The second kappa shape index (κ2) is 5.34. The second-order valence-electron chi connectivity index (χ2n) is 4.59. The van der Waals surface area contributed by atoms with Crippen LogP contribution in [-0.2, 0) is 23.1 Å². The summed E-state index contributed by atoms with van der Waals surface area (Å²) in [5.41, 5.74) is 6.19. The maximum absolute atomic E-state index is 12.8. The minimum absolute atomic E-state index is 0.171. The largest absolute Gasteiger partial charge is 0.399 e. The van der Waals surface area contributed by atoms with Crippen molar-refractivity contribution >= 4 is 47.6 Å². The molecule has 112 valence electrons. The lowest BCUT2D eigenvalue weighted by Crippen LogP contribution is -2.38. The zero-order valence-corrected chi connectivity index (χ0v) is 14.7. The average Bonchev–Trinajstić information content (AvgIpc) is 2.83. The molecule has 1 aromatic carbocycles. The van der Waals surface area contributed by atoms with E-state index in [9.17, 15) is 8.42 Å². The minimum atomic E-state index is -3.66. The van der Waals surface area contributed by atoms with Crippen molar-refractivity contribution in [2.24, 2.45) is 0 Å². The molecule has 21 heavy (non-hydrogen) atoms. The lowest BCUT2D eigenvalue weighted by molar-refractivity contribution is 0.335. The number of benzene rings is 1. The number of hydrogen-bond donors (Lipinski definition) is 1. The molecule has 0 radical (unpaired) electrons. The Balaban J connectivity index is 2.03. The Morgan fingerprint density at radius 2 is 1.86 bits per heavy atom. The van der Waals surface area contributed by atoms with Gasteiger partial charge in [0, 0.05) is 27.7 Å². The van der Waals surface area contributed by atoms with Crippen molar-refractivity contribution in [3.05, 3.63) is 33.2 Å². The third-order valence-corrected chi connectivity index (χ3v) is 6.95. The summed E-state index contributed by atoms with van der Waals surface area (Å²) in [6, 6.07) is 3.15. The third-order valence-electron chi connectivity index (χ3n) is 3.22. The first-order valence-corrected chi connectivity index (χ1v) is 9.03. The Labute approximate surface area is 138 Å². The van der Waals surface area contributed by atoms with Crippen LogP contribution in [0.25, 0.3) is 0 Å². The molecule has 0 unspecified atom stereocenters. The molecule has 1 aliphatic heterocycles. The molecule has 0 atom stereocenters. The number of hydrogen-bond acceptors (Lipinski definition) is 5. The summed E-state index contributed by atoms with van der Waals surface area (Å²) < 4.78 is 29.8.